The molecule has 1 aromatic rings. The van der Waals surface area contributed by atoms with Gasteiger partial charge in [-0.25, -0.2) is 4.79 Å². The van der Waals surface area contributed by atoms with Crippen LogP contribution in [0.25, 0.3) is 0 Å². The fraction of sp³-hybridized carbons (Fsp3) is 0.657. The summed E-state index contributed by atoms with van der Waals surface area (Å²) in [6, 6.07) is 10.7. The summed E-state index contributed by atoms with van der Waals surface area (Å²) >= 11 is 0. The second-order valence-corrected chi connectivity index (χ2v) is 19.1. The van der Waals surface area contributed by atoms with Gasteiger partial charge in [0.25, 0.3) is 0 Å². The molecule has 46 heavy (non-hydrogen) atoms. The molecule has 1 aliphatic heterocycles. The average molecular weight is 657 g/mol. The van der Waals surface area contributed by atoms with Crippen molar-refractivity contribution in [3.05, 3.63) is 47.0 Å². The highest BCUT2D eigenvalue weighted by molar-refractivity contribution is 6.73. The highest BCUT2D eigenvalue weighted by Gasteiger charge is 2.78. The van der Waals surface area contributed by atoms with Crippen molar-refractivity contribution in [3.63, 3.8) is 0 Å². The number of esters is 2. The summed E-state index contributed by atoms with van der Waals surface area (Å²) in [6.45, 7) is 13.9. The summed E-state index contributed by atoms with van der Waals surface area (Å²) in [4.78, 5) is 55.9. The monoisotopic (exact) mass is 656 g/mol. The molecule has 0 aromatic heterocycles. The Bertz CT molecular complexity index is 1440. The molecule has 0 spiro atoms. The lowest BCUT2D eigenvalue weighted by Crippen LogP contribution is -2.81. The molecule has 1 heterocycles. The van der Waals surface area contributed by atoms with Crippen LogP contribution in [0.5, 0.6) is 0 Å². The quantitative estimate of drug-likeness (QED) is 0.236. The van der Waals surface area contributed by atoms with Gasteiger partial charge in [-0.05, 0) is 49.7 Å². The minimum atomic E-state index is -2.34. The van der Waals surface area contributed by atoms with Crippen LogP contribution < -0.4 is 0 Å². The molecular weight excluding hydrogens is 608 g/mol. The van der Waals surface area contributed by atoms with Gasteiger partial charge < -0.3 is 28.8 Å². The Balaban J connectivity index is 1.82. The number of carbonyl (C=O) groups is 4. The highest BCUT2D eigenvalue weighted by atomic mass is 28.4. The molecule has 10 nitrogen and oxygen atoms in total. The Labute approximate surface area is 271 Å². The first-order chi connectivity index (χ1) is 21.5. The molecule has 8 atom stereocenters. The number of hydrogen-bond acceptors (Lipinski definition) is 10. The van der Waals surface area contributed by atoms with Gasteiger partial charge in [0.05, 0.1) is 35.7 Å². The molecule has 0 amide bonds. The van der Waals surface area contributed by atoms with Gasteiger partial charge in [0.2, 0.25) is 11.6 Å². The number of rotatable bonds is 8. The van der Waals surface area contributed by atoms with Crippen LogP contribution in [0, 0.1) is 16.7 Å². The van der Waals surface area contributed by atoms with E-state index in [-0.39, 0.29) is 30.6 Å². The van der Waals surface area contributed by atoms with Gasteiger partial charge in [-0.1, -0.05) is 52.8 Å². The molecule has 4 aliphatic rings. The number of carbonyl (C=O) groups excluding carboxylic acids is 4. The Morgan fingerprint density at radius 3 is 2.17 bits per heavy atom. The van der Waals surface area contributed by atoms with Crippen LogP contribution in [0.15, 0.2) is 41.5 Å². The normalized spacial score (nSPS) is 36.9. The van der Waals surface area contributed by atoms with Gasteiger partial charge in [-0.2, -0.15) is 0 Å². The predicted molar refractivity (Wildman–Crippen MR) is 170 cm³/mol. The number of ether oxygens (including phenoxy) is 3. The predicted octanol–water partition coefficient (Wildman–Crippen LogP) is 4.32. The van der Waals surface area contributed by atoms with Crippen molar-refractivity contribution in [2.75, 3.05) is 6.61 Å². The van der Waals surface area contributed by atoms with Crippen molar-refractivity contribution in [3.8, 4) is 0 Å². The van der Waals surface area contributed by atoms with E-state index in [0.717, 1.165) is 18.1 Å². The highest BCUT2D eigenvalue weighted by Crippen LogP contribution is 2.63. The standard InChI is InChI=1S/C35H48O10Si/c1-9-46(10-2,11-3)45-23-18-35(41)30(43-31(40)22-15-13-12-14-16-22)28-33(8,29(39)27(38)26(20(23)4)32(35,6)7)24(37)17-25-34(28,19-42-25)44-21(5)36/h12-16,23-25,28,30,37,41H,9-11,17-19H2,1-8H3/t23-,24+,25+,28-,30-,33+,34-,35+/m0/s1. The van der Waals surface area contributed by atoms with Crippen LogP contribution >= 0.6 is 0 Å². The third kappa shape index (κ3) is 4.79. The van der Waals surface area contributed by atoms with E-state index in [2.05, 4.69) is 20.8 Å². The van der Waals surface area contributed by atoms with Crippen molar-refractivity contribution in [1.29, 1.82) is 0 Å². The van der Waals surface area contributed by atoms with Crippen LogP contribution in [-0.2, 0) is 33.0 Å². The smallest absolute Gasteiger partial charge is 0.338 e. The fourth-order valence-corrected chi connectivity index (χ4v) is 11.7. The van der Waals surface area contributed by atoms with E-state index in [1.54, 1.807) is 51.1 Å². The van der Waals surface area contributed by atoms with Gasteiger partial charge in [-0.15, -0.1) is 0 Å². The van der Waals surface area contributed by atoms with Gasteiger partial charge in [0.15, 0.2) is 13.9 Å². The minimum Gasteiger partial charge on any atom is -0.455 e. The second-order valence-electron chi connectivity index (χ2n) is 14.4. The van der Waals surface area contributed by atoms with E-state index >= 15 is 0 Å². The Kier molecular flexibility index (Phi) is 8.86. The van der Waals surface area contributed by atoms with Crippen LogP contribution in [-0.4, -0.2) is 84.3 Å². The van der Waals surface area contributed by atoms with Crippen molar-refractivity contribution in [1.82, 2.24) is 0 Å². The van der Waals surface area contributed by atoms with Gasteiger partial charge in [-0.3, -0.25) is 14.4 Å². The second kappa shape index (κ2) is 11.8. The molecule has 2 bridgehead atoms. The lowest BCUT2D eigenvalue weighted by Gasteiger charge is -2.66. The van der Waals surface area contributed by atoms with Gasteiger partial charge in [0, 0.05) is 30.8 Å². The lowest BCUT2D eigenvalue weighted by molar-refractivity contribution is -0.343. The van der Waals surface area contributed by atoms with E-state index in [1.165, 1.54) is 13.8 Å². The number of aliphatic hydroxyl groups is 2. The average Bonchev–Trinajstić information content (AvgIpc) is 3.01. The summed E-state index contributed by atoms with van der Waals surface area (Å²) in [6.07, 6.45) is -4.72. The molecule has 252 valence electrons. The Hall–Kier alpha value is -2.70. The largest absolute Gasteiger partial charge is 0.455 e. The van der Waals surface area contributed by atoms with Crippen LogP contribution in [0.3, 0.4) is 0 Å². The first-order valence-electron chi connectivity index (χ1n) is 16.5. The van der Waals surface area contributed by atoms with E-state index in [4.69, 9.17) is 18.6 Å². The topological polar surface area (TPSA) is 146 Å². The minimum absolute atomic E-state index is 0.0529. The van der Waals surface area contributed by atoms with Crippen molar-refractivity contribution >= 4 is 31.8 Å². The number of benzene rings is 1. The lowest BCUT2D eigenvalue weighted by atomic mass is 9.45. The summed E-state index contributed by atoms with van der Waals surface area (Å²) in [5.74, 6) is -4.50. The number of aliphatic hydroxyl groups excluding tert-OH is 1. The maximum Gasteiger partial charge on any atom is 0.338 e. The third-order valence-electron chi connectivity index (χ3n) is 12.0. The third-order valence-corrected chi connectivity index (χ3v) is 16.7. The van der Waals surface area contributed by atoms with Gasteiger partial charge >= 0.3 is 11.9 Å². The van der Waals surface area contributed by atoms with Crippen molar-refractivity contribution in [2.45, 2.75) is 122 Å². The fourth-order valence-electron chi connectivity index (χ4n) is 8.86. The zero-order chi connectivity index (χ0) is 34.0. The molecule has 3 fully saturated rings. The molecule has 5 rings (SSSR count). The molecular formula is C35H48O10Si. The molecule has 0 unspecified atom stereocenters. The number of ketones is 2. The molecule has 1 aromatic carbocycles. The van der Waals surface area contributed by atoms with Crippen molar-refractivity contribution < 1.29 is 48.0 Å². The molecule has 2 saturated carbocycles. The Morgan fingerprint density at radius 1 is 1.04 bits per heavy atom. The van der Waals surface area contributed by atoms with Crippen LogP contribution in [0.4, 0.5) is 0 Å². The Morgan fingerprint density at radius 2 is 1.65 bits per heavy atom. The zero-order valence-electron chi connectivity index (χ0n) is 28.2. The van der Waals surface area contributed by atoms with Crippen molar-refractivity contribution in [2.24, 2.45) is 16.7 Å². The summed E-state index contributed by atoms with van der Waals surface area (Å²) in [5.41, 5.74) is -6.06. The number of fused-ring (bicyclic) bond motifs is 5. The van der Waals surface area contributed by atoms with E-state index < -0.39 is 84.2 Å². The maximum absolute atomic E-state index is 14.7. The first kappa shape index (κ1) is 34.6. The molecule has 3 aliphatic carbocycles. The number of Topliss-reactive ketones (excluding diaryl/α,β-unsaturated/α-hetero) is 2. The molecule has 11 heteroatoms. The summed E-state index contributed by atoms with van der Waals surface area (Å²) < 4.78 is 25.2. The van der Waals surface area contributed by atoms with Gasteiger partial charge in [0.1, 0.15) is 17.8 Å². The molecule has 2 N–H and O–H groups in total. The number of hydrogen-bond donors (Lipinski definition) is 2. The van der Waals surface area contributed by atoms with E-state index in [0.29, 0.717) is 5.57 Å². The zero-order valence-corrected chi connectivity index (χ0v) is 29.2. The van der Waals surface area contributed by atoms with E-state index in [9.17, 15) is 29.4 Å². The molecule has 0 radical (unpaired) electrons. The van der Waals surface area contributed by atoms with E-state index in [1.807, 2.05) is 0 Å². The maximum atomic E-state index is 14.7. The first-order valence-corrected chi connectivity index (χ1v) is 19.0. The summed E-state index contributed by atoms with van der Waals surface area (Å²) in [5, 5.41) is 25.0. The van der Waals surface area contributed by atoms with Crippen LogP contribution in [0.2, 0.25) is 18.1 Å². The SMILES string of the molecule is CC[Si](CC)(CC)O[C@H]1C[C@@]2(O)[C@@H](OC(=O)c3ccccc3)[C@@H]3[C@]4(OC(C)=O)CO[C@@H]4C[C@@H](O)[C@@]3(C)C(=O)C(=O)C(=C1C)C2(C)C. The van der Waals surface area contributed by atoms with Crippen LogP contribution in [0.1, 0.15) is 78.6 Å². The molecule has 1 saturated heterocycles. The summed E-state index contributed by atoms with van der Waals surface area (Å²) in [7, 11) is -2.34.